The van der Waals surface area contributed by atoms with Crippen molar-refractivity contribution in [2.75, 3.05) is 12.4 Å². The number of fused-ring (bicyclic) bond motifs is 1. The third-order valence-corrected chi connectivity index (χ3v) is 6.48. The molecule has 1 aliphatic carbocycles. The van der Waals surface area contributed by atoms with Crippen molar-refractivity contribution in [1.82, 2.24) is 4.98 Å². The Bertz CT molecular complexity index is 553. The van der Waals surface area contributed by atoms with Gasteiger partial charge in [0.05, 0.1) is 16.8 Å². The van der Waals surface area contributed by atoms with Crippen LogP contribution in [0.3, 0.4) is 0 Å². The van der Waals surface area contributed by atoms with Gasteiger partial charge in [0.1, 0.15) is 0 Å². The van der Waals surface area contributed by atoms with E-state index in [0.717, 1.165) is 41.3 Å². The molecule has 108 valence electrons. The van der Waals surface area contributed by atoms with E-state index in [1.165, 1.54) is 4.70 Å². The van der Waals surface area contributed by atoms with Gasteiger partial charge in [0.15, 0.2) is 4.34 Å². The Kier molecular flexibility index (Phi) is 4.31. The summed E-state index contributed by atoms with van der Waals surface area (Å²) >= 11 is 3.57. The van der Waals surface area contributed by atoms with Crippen molar-refractivity contribution in [3.8, 4) is 0 Å². The number of aliphatic hydroxyl groups excluding tert-OH is 1. The first-order valence-electron chi connectivity index (χ1n) is 7.09. The molecule has 2 atom stereocenters. The lowest BCUT2D eigenvalue weighted by Gasteiger charge is -2.29. The van der Waals surface area contributed by atoms with E-state index in [1.807, 2.05) is 17.8 Å². The lowest BCUT2D eigenvalue weighted by molar-refractivity contribution is 0.158. The number of hydrogen-bond acceptors (Lipinski definition) is 5. The largest absolute Gasteiger partial charge is 0.394 e. The zero-order chi connectivity index (χ0) is 14.0. The van der Waals surface area contributed by atoms with Gasteiger partial charge in [-0.2, -0.15) is 0 Å². The maximum atomic E-state index is 9.47. The number of aromatic nitrogens is 1. The minimum Gasteiger partial charge on any atom is -0.394 e. The minimum absolute atomic E-state index is 0.115. The van der Waals surface area contributed by atoms with Crippen LogP contribution in [0.4, 0.5) is 0 Å². The second-order valence-electron chi connectivity index (χ2n) is 5.57. The summed E-state index contributed by atoms with van der Waals surface area (Å²) in [6.45, 7) is 0.115. The average Bonchev–Trinajstić information content (AvgIpc) is 3.03. The molecule has 0 radical (unpaired) electrons. The number of benzene rings is 1. The fraction of sp³-hybridized carbons (Fsp3) is 0.533. The first kappa shape index (κ1) is 14.3. The Morgan fingerprint density at radius 1 is 1.45 bits per heavy atom. The molecule has 1 aliphatic rings. The molecule has 3 nitrogen and oxygen atoms in total. The van der Waals surface area contributed by atoms with Gasteiger partial charge in [0.2, 0.25) is 0 Å². The normalized spacial score (nSPS) is 26.4. The van der Waals surface area contributed by atoms with Crippen molar-refractivity contribution in [2.24, 2.45) is 11.7 Å². The first-order chi connectivity index (χ1) is 9.71. The van der Waals surface area contributed by atoms with Crippen LogP contribution in [0.1, 0.15) is 25.7 Å². The van der Waals surface area contributed by atoms with Crippen molar-refractivity contribution in [3.63, 3.8) is 0 Å². The predicted molar refractivity (Wildman–Crippen MR) is 86.3 cm³/mol. The van der Waals surface area contributed by atoms with E-state index in [1.54, 1.807) is 11.3 Å². The fourth-order valence-corrected chi connectivity index (χ4v) is 5.20. The van der Waals surface area contributed by atoms with Crippen LogP contribution in [-0.2, 0) is 0 Å². The van der Waals surface area contributed by atoms with E-state index in [2.05, 4.69) is 23.2 Å². The molecule has 3 rings (SSSR count). The number of thioether (sulfide) groups is 1. The van der Waals surface area contributed by atoms with Gasteiger partial charge in [-0.3, -0.25) is 0 Å². The van der Waals surface area contributed by atoms with Gasteiger partial charge >= 0.3 is 0 Å². The van der Waals surface area contributed by atoms with E-state index in [9.17, 15) is 5.11 Å². The first-order valence-corrected chi connectivity index (χ1v) is 8.89. The average molecular weight is 308 g/mol. The van der Waals surface area contributed by atoms with Gasteiger partial charge < -0.3 is 10.8 Å². The minimum atomic E-state index is -0.339. The van der Waals surface area contributed by atoms with Gasteiger partial charge in [0, 0.05) is 11.3 Å². The van der Waals surface area contributed by atoms with Crippen LogP contribution in [0.25, 0.3) is 10.2 Å². The molecule has 0 spiro atoms. The van der Waals surface area contributed by atoms with Crippen LogP contribution in [0.2, 0.25) is 0 Å². The topological polar surface area (TPSA) is 59.1 Å². The highest BCUT2D eigenvalue weighted by atomic mass is 32.2. The summed E-state index contributed by atoms with van der Waals surface area (Å²) < 4.78 is 2.38. The monoisotopic (exact) mass is 308 g/mol. The molecule has 2 unspecified atom stereocenters. The van der Waals surface area contributed by atoms with Gasteiger partial charge in [-0.05, 0) is 37.3 Å². The smallest absolute Gasteiger partial charge is 0.151 e. The second-order valence-corrected chi connectivity index (χ2v) is 7.94. The molecule has 0 amide bonds. The molecule has 3 N–H and O–H groups in total. The highest BCUT2D eigenvalue weighted by molar-refractivity contribution is 8.01. The molecular weight excluding hydrogens is 288 g/mol. The van der Waals surface area contributed by atoms with Gasteiger partial charge in [0.25, 0.3) is 0 Å². The van der Waals surface area contributed by atoms with Crippen LogP contribution >= 0.6 is 23.1 Å². The summed E-state index contributed by atoms with van der Waals surface area (Å²) in [5.74, 6) is 1.48. The van der Waals surface area contributed by atoms with Gasteiger partial charge in [-0.25, -0.2) is 4.98 Å². The number of hydrogen-bond donors (Lipinski definition) is 2. The van der Waals surface area contributed by atoms with Crippen molar-refractivity contribution in [1.29, 1.82) is 0 Å². The third kappa shape index (κ3) is 2.86. The second kappa shape index (κ2) is 6.02. The number of thiazole rings is 1. The van der Waals surface area contributed by atoms with E-state index < -0.39 is 0 Å². The summed E-state index contributed by atoms with van der Waals surface area (Å²) in [5.41, 5.74) is 7.02. The highest BCUT2D eigenvalue weighted by Crippen LogP contribution is 2.38. The standard InChI is InChI=1S/C15H20N2OS2/c16-15(10-18)8-3-4-11(15)7-9-19-14-17-12-5-1-2-6-13(12)20-14/h1-2,5-6,11,18H,3-4,7-10,16H2. The summed E-state index contributed by atoms with van der Waals surface area (Å²) in [4.78, 5) is 4.63. The van der Waals surface area contributed by atoms with E-state index in [-0.39, 0.29) is 12.1 Å². The number of aliphatic hydroxyl groups is 1. The molecule has 0 saturated heterocycles. The molecule has 1 fully saturated rings. The van der Waals surface area contributed by atoms with Crippen LogP contribution in [0.5, 0.6) is 0 Å². The lowest BCUT2D eigenvalue weighted by Crippen LogP contribution is -2.47. The molecular formula is C15H20N2OS2. The number of nitrogens with two attached hydrogens (primary N) is 1. The quantitative estimate of drug-likeness (QED) is 0.832. The Morgan fingerprint density at radius 3 is 3.10 bits per heavy atom. The maximum Gasteiger partial charge on any atom is 0.151 e. The van der Waals surface area contributed by atoms with Crippen molar-refractivity contribution < 1.29 is 5.11 Å². The Hall–Kier alpha value is -0.620. The zero-order valence-electron chi connectivity index (χ0n) is 11.4. The number of nitrogens with zero attached hydrogens (tertiary/aromatic N) is 1. The molecule has 0 bridgehead atoms. The summed E-state index contributed by atoms with van der Waals surface area (Å²) in [5, 5.41) is 9.47. The lowest BCUT2D eigenvalue weighted by atomic mass is 9.87. The SMILES string of the molecule is NC1(CO)CCCC1CCSc1nc2ccccc2s1. The number of rotatable bonds is 5. The van der Waals surface area contributed by atoms with Gasteiger partial charge in [-0.1, -0.05) is 30.3 Å². The Morgan fingerprint density at radius 2 is 2.30 bits per heavy atom. The molecule has 0 aliphatic heterocycles. The summed E-state index contributed by atoms with van der Waals surface area (Å²) in [6.07, 6.45) is 4.32. The van der Waals surface area contributed by atoms with Crippen molar-refractivity contribution >= 4 is 33.3 Å². The molecule has 1 saturated carbocycles. The summed E-state index contributed by atoms with van der Waals surface area (Å²) in [7, 11) is 0. The molecule has 20 heavy (non-hydrogen) atoms. The predicted octanol–water partition coefficient (Wildman–Crippen LogP) is 3.27. The Labute approximate surface area is 127 Å². The van der Waals surface area contributed by atoms with E-state index >= 15 is 0 Å². The molecule has 2 aromatic rings. The fourth-order valence-electron chi connectivity index (χ4n) is 3.01. The van der Waals surface area contributed by atoms with Crippen molar-refractivity contribution in [2.45, 2.75) is 35.6 Å². The zero-order valence-corrected chi connectivity index (χ0v) is 13.1. The van der Waals surface area contributed by atoms with Crippen LogP contribution < -0.4 is 5.73 Å². The van der Waals surface area contributed by atoms with Crippen LogP contribution in [0.15, 0.2) is 28.6 Å². The molecule has 1 heterocycles. The summed E-state index contributed by atoms with van der Waals surface area (Å²) in [6, 6.07) is 8.25. The van der Waals surface area contributed by atoms with E-state index in [4.69, 9.17) is 5.73 Å². The highest BCUT2D eigenvalue weighted by Gasteiger charge is 2.38. The van der Waals surface area contributed by atoms with E-state index in [0.29, 0.717) is 5.92 Å². The third-order valence-electron chi connectivity index (χ3n) is 4.27. The Balaban J connectivity index is 1.57. The molecule has 5 heteroatoms. The van der Waals surface area contributed by atoms with Gasteiger partial charge in [-0.15, -0.1) is 11.3 Å². The molecule has 1 aromatic heterocycles. The van der Waals surface area contributed by atoms with Crippen LogP contribution in [0, 0.1) is 5.92 Å². The van der Waals surface area contributed by atoms with Crippen molar-refractivity contribution in [3.05, 3.63) is 24.3 Å². The number of para-hydroxylation sites is 1. The van der Waals surface area contributed by atoms with Crippen LogP contribution in [-0.4, -0.2) is 28.0 Å². The maximum absolute atomic E-state index is 9.47. The molecule has 1 aromatic carbocycles.